The maximum Gasteiger partial charge on any atom is 0.480 e. The number of aromatic amines is 1. The summed E-state index contributed by atoms with van der Waals surface area (Å²) in [6, 6.07) is 0. The van der Waals surface area contributed by atoms with Crippen LogP contribution in [0.2, 0.25) is 0 Å². The molecule has 16 nitrogen and oxygen atoms in total. The average Bonchev–Trinajstić information content (AvgIpc) is 3.41. The van der Waals surface area contributed by atoms with Crippen molar-refractivity contribution in [3.63, 3.8) is 0 Å². The van der Waals surface area contributed by atoms with Crippen LogP contribution in [0.5, 0.6) is 0 Å². The van der Waals surface area contributed by atoms with Gasteiger partial charge in [-0.15, -0.1) is 0 Å². The fourth-order valence-electron chi connectivity index (χ4n) is 3.73. The number of nitrogens with two attached hydrogens (primary N) is 1. The number of aliphatic hydroxyl groups excluding tert-OH is 1. The Morgan fingerprint density at radius 1 is 1.12 bits per heavy atom. The number of nitrogens with zero attached hydrogens (tertiary/aromatic N) is 2. The molecule has 1 saturated heterocycles. The summed E-state index contributed by atoms with van der Waals surface area (Å²) in [6.45, 7) is 6.72. The zero-order valence-corrected chi connectivity index (χ0v) is 25.1. The van der Waals surface area contributed by atoms with Crippen molar-refractivity contribution in [2.75, 3.05) is 33.0 Å². The molecule has 1 aromatic heterocycles. The molecule has 18 heteroatoms. The number of anilines is 1. The summed E-state index contributed by atoms with van der Waals surface area (Å²) in [5.41, 5.74) is 3.04. The molecule has 0 amide bonds. The number of alkyl halides is 1. The fraction of sp³-hybridized carbons (Fsp3) is 0.708. The predicted molar refractivity (Wildman–Crippen MR) is 142 cm³/mol. The van der Waals surface area contributed by atoms with Gasteiger partial charge in [-0.1, -0.05) is 0 Å². The second-order valence-corrected chi connectivity index (χ2v) is 13.2. The molecule has 236 valence electrons. The van der Waals surface area contributed by atoms with E-state index in [2.05, 4.69) is 15.0 Å². The van der Waals surface area contributed by atoms with Gasteiger partial charge in [-0.05, 0) is 41.5 Å². The standard InChI is InChI=1S/C24H36FN4O12P/c1-22(2,3)19(32)36-10-39-42(34,40-11-37-20(33)23(4,5)6)38-9-24(35-7)17(30)13(25)16(41-24)12-8-27-15-14(12)28-21(26)29-18(15)31/h8,12-13,16-17,30H,9-11H2,1-7H3,(H3,26,28,29,31)/t12?,13-,16-,17-,24+/m0/s1. The summed E-state index contributed by atoms with van der Waals surface area (Å²) < 4.78 is 65.3. The third-order valence-corrected chi connectivity index (χ3v) is 7.46. The first-order valence-corrected chi connectivity index (χ1v) is 14.2. The smallest absolute Gasteiger partial charge is 0.437 e. The van der Waals surface area contributed by atoms with E-state index in [9.17, 15) is 24.1 Å². The van der Waals surface area contributed by atoms with Gasteiger partial charge in [0.2, 0.25) is 25.3 Å². The number of esters is 2. The van der Waals surface area contributed by atoms with Gasteiger partial charge in [-0.2, -0.15) is 0 Å². The molecule has 0 saturated carbocycles. The Hall–Kier alpha value is -2.79. The summed E-state index contributed by atoms with van der Waals surface area (Å²) in [5.74, 6) is -4.98. The zero-order chi connectivity index (χ0) is 31.7. The number of hydrogen-bond acceptors (Lipinski definition) is 15. The Morgan fingerprint density at radius 2 is 1.67 bits per heavy atom. The van der Waals surface area contributed by atoms with Crippen molar-refractivity contribution < 1.29 is 56.2 Å². The number of nitrogens with one attached hydrogen (secondary N) is 1. The molecular weight excluding hydrogens is 586 g/mol. The van der Waals surface area contributed by atoms with Gasteiger partial charge in [-0.25, -0.2) is 23.0 Å². The van der Waals surface area contributed by atoms with E-state index in [1.807, 2.05) is 0 Å². The molecule has 5 atom stereocenters. The number of fused-ring (bicyclic) bond motifs is 1. The maximum absolute atomic E-state index is 15.5. The number of H-pyrrole nitrogens is 1. The molecule has 0 radical (unpaired) electrons. The third-order valence-electron chi connectivity index (χ3n) is 6.17. The number of ether oxygens (including phenoxy) is 4. The van der Waals surface area contributed by atoms with Crippen LogP contribution in [-0.2, 0) is 46.7 Å². The van der Waals surface area contributed by atoms with Crippen LogP contribution in [0.3, 0.4) is 0 Å². The molecule has 4 N–H and O–H groups in total. The van der Waals surface area contributed by atoms with Gasteiger partial charge in [0.15, 0.2) is 11.9 Å². The van der Waals surface area contributed by atoms with Gasteiger partial charge < -0.3 is 29.8 Å². The van der Waals surface area contributed by atoms with Crippen molar-refractivity contribution in [1.29, 1.82) is 0 Å². The molecule has 42 heavy (non-hydrogen) atoms. The molecule has 0 spiro atoms. The minimum absolute atomic E-state index is 0.0163. The predicted octanol–water partition coefficient (Wildman–Crippen LogP) is 1.84. The zero-order valence-electron chi connectivity index (χ0n) is 24.2. The number of nitrogen functional groups attached to an aromatic ring is 1. The lowest BCUT2D eigenvalue weighted by Crippen LogP contribution is -2.47. The van der Waals surface area contributed by atoms with Crippen LogP contribution in [0, 0.1) is 10.8 Å². The Kier molecular flexibility index (Phi) is 9.99. The van der Waals surface area contributed by atoms with E-state index < -0.39 is 86.4 Å². The third kappa shape index (κ3) is 7.40. The van der Waals surface area contributed by atoms with E-state index in [0.29, 0.717) is 0 Å². The Bertz CT molecular complexity index is 1270. The fourth-order valence-corrected chi connectivity index (χ4v) is 4.66. The first-order valence-electron chi connectivity index (χ1n) is 12.7. The normalized spacial score (nSPS) is 25.8. The summed E-state index contributed by atoms with van der Waals surface area (Å²) in [5, 5.41) is 10.8. The summed E-state index contributed by atoms with van der Waals surface area (Å²) in [7, 11) is -3.68. The number of rotatable bonds is 11. The van der Waals surface area contributed by atoms with Crippen molar-refractivity contribution in [2.45, 2.75) is 71.6 Å². The van der Waals surface area contributed by atoms with Gasteiger partial charge >= 0.3 is 19.8 Å². The molecule has 0 aliphatic carbocycles. The number of aromatic nitrogens is 2. The lowest BCUT2D eigenvalue weighted by Gasteiger charge is -2.31. The average molecular weight is 623 g/mol. The van der Waals surface area contributed by atoms with E-state index in [0.717, 1.165) is 7.11 Å². The summed E-state index contributed by atoms with van der Waals surface area (Å²) in [6.07, 6.45) is -4.44. The summed E-state index contributed by atoms with van der Waals surface area (Å²) >= 11 is 0. The van der Waals surface area contributed by atoms with Gasteiger partial charge in [0, 0.05) is 13.3 Å². The largest absolute Gasteiger partial charge is 0.480 e. The number of phosphoric ester groups is 1. The van der Waals surface area contributed by atoms with Crippen LogP contribution in [-0.4, -0.2) is 84.7 Å². The second kappa shape index (κ2) is 12.4. The second-order valence-electron chi connectivity index (χ2n) is 11.6. The highest BCUT2D eigenvalue weighted by Gasteiger charge is 2.60. The lowest BCUT2D eigenvalue weighted by molar-refractivity contribution is -0.260. The molecule has 1 fully saturated rings. The van der Waals surface area contributed by atoms with E-state index in [4.69, 9.17) is 38.3 Å². The minimum atomic E-state index is -4.75. The molecule has 3 rings (SSSR count). The van der Waals surface area contributed by atoms with Crippen LogP contribution in [0.1, 0.15) is 53.2 Å². The Morgan fingerprint density at radius 3 is 2.17 bits per heavy atom. The molecule has 1 unspecified atom stereocenters. The van der Waals surface area contributed by atoms with Crippen molar-refractivity contribution in [1.82, 2.24) is 9.97 Å². The number of carbonyl (C=O) groups is 2. The number of carbonyl (C=O) groups excluding carboxylic acids is 2. The van der Waals surface area contributed by atoms with Crippen molar-refractivity contribution >= 4 is 37.6 Å². The number of phosphoric acid groups is 1. The van der Waals surface area contributed by atoms with Gasteiger partial charge in [0.05, 0.1) is 22.4 Å². The number of methoxy groups -OCH3 is 1. The van der Waals surface area contributed by atoms with Gasteiger partial charge in [0.25, 0.3) is 5.56 Å². The minimum Gasteiger partial charge on any atom is -0.437 e. The number of hydrogen-bond donors (Lipinski definition) is 3. The molecule has 2 aliphatic heterocycles. The van der Waals surface area contributed by atoms with E-state index in [-0.39, 0.29) is 17.3 Å². The van der Waals surface area contributed by atoms with Crippen LogP contribution in [0.4, 0.5) is 16.0 Å². The van der Waals surface area contributed by atoms with E-state index in [1.54, 1.807) is 41.5 Å². The first kappa shape index (κ1) is 33.7. The van der Waals surface area contributed by atoms with Crippen molar-refractivity contribution in [2.24, 2.45) is 15.8 Å². The Labute approximate surface area is 240 Å². The van der Waals surface area contributed by atoms with Crippen LogP contribution >= 0.6 is 7.82 Å². The molecule has 1 aromatic rings. The molecule has 0 bridgehead atoms. The van der Waals surface area contributed by atoms with Crippen LogP contribution in [0.25, 0.3) is 0 Å². The maximum atomic E-state index is 15.5. The van der Waals surface area contributed by atoms with Gasteiger partial charge in [-0.3, -0.25) is 28.9 Å². The SMILES string of the molecule is CO[C@]1(COP(=O)(OCOC(=O)C(C)(C)C)OCOC(=O)C(C)(C)C)O[C@@H](C2C=Nc3c2nc(N)[nH]c3=O)[C@H](F)[C@@H]1O. The number of aliphatic hydroxyl groups is 1. The topological polar surface area (TPSA) is 220 Å². The van der Waals surface area contributed by atoms with Crippen LogP contribution < -0.4 is 11.3 Å². The molecule has 0 aromatic carbocycles. The van der Waals surface area contributed by atoms with Crippen molar-refractivity contribution in [3.05, 3.63) is 16.0 Å². The van der Waals surface area contributed by atoms with Crippen LogP contribution in [0.15, 0.2) is 9.79 Å². The molecule has 2 aliphatic rings. The lowest BCUT2D eigenvalue weighted by atomic mass is 9.95. The monoisotopic (exact) mass is 622 g/mol. The van der Waals surface area contributed by atoms with E-state index >= 15 is 4.39 Å². The van der Waals surface area contributed by atoms with Gasteiger partial charge in [0.1, 0.15) is 18.8 Å². The summed E-state index contributed by atoms with van der Waals surface area (Å²) in [4.78, 5) is 46.6. The van der Waals surface area contributed by atoms with E-state index in [1.165, 1.54) is 6.21 Å². The highest BCUT2D eigenvalue weighted by molar-refractivity contribution is 7.48. The van der Waals surface area contributed by atoms with Crippen molar-refractivity contribution in [3.8, 4) is 0 Å². The molecule has 3 heterocycles. The highest BCUT2D eigenvalue weighted by Crippen LogP contribution is 2.52. The molecular formula is C24H36FN4O12P. The highest BCUT2D eigenvalue weighted by atomic mass is 31.2. The quantitative estimate of drug-likeness (QED) is 0.182. The Balaban J connectivity index is 1.78. The number of aliphatic imine (C=N–C) groups is 1. The number of halogens is 1. The first-order chi connectivity index (χ1) is 19.3.